The highest BCUT2D eigenvalue weighted by atomic mass is 16.2. The van der Waals surface area contributed by atoms with Crippen LogP contribution in [0.3, 0.4) is 0 Å². The molecule has 1 aromatic rings. The van der Waals surface area contributed by atoms with Crippen molar-refractivity contribution in [3.8, 4) is 0 Å². The van der Waals surface area contributed by atoms with E-state index < -0.39 is 0 Å². The van der Waals surface area contributed by atoms with Crippen LogP contribution >= 0.6 is 0 Å². The van der Waals surface area contributed by atoms with E-state index in [9.17, 15) is 9.59 Å². The third-order valence-electron chi connectivity index (χ3n) is 5.84. The van der Waals surface area contributed by atoms with E-state index in [2.05, 4.69) is 59.7 Å². The Labute approximate surface area is 151 Å². The molecular formula is C22H29NO2. The van der Waals surface area contributed by atoms with Crippen molar-refractivity contribution in [2.45, 2.75) is 59.4 Å². The zero-order valence-electron chi connectivity index (χ0n) is 16.1. The Hall–Kier alpha value is -1.90. The predicted octanol–water partition coefficient (Wildman–Crippen LogP) is 4.80. The van der Waals surface area contributed by atoms with Gasteiger partial charge >= 0.3 is 0 Å². The van der Waals surface area contributed by atoms with Gasteiger partial charge in [0, 0.05) is 12.2 Å². The lowest BCUT2D eigenvalue weighted by molar-refractivity contribution is -0.141. The molecule has 2 aliphatic rings. The molecule has 0 saturated carbocycles. The Morgan fingerprint density at radius 1 is 0.840 bits per heavy atom. The minimum Gasteiger partial charge on any atom is -0.269 e. The number of rotatable bonds is 4. The summed E-state index contributed by atoms with van der Waals surface area (Å²) in [6.45, 7) is 13.3. The van der Waals surface area contributed by atoms with Crippen LogP contribution in [0.4, 0.5) is 0 Å². The summed E-state index contributed by atoms with van der Waals surface area (Å²) in [5.41, 5.74) is 3.76. The normalized spacial score (nSPS) is 25.8. The molecule has 1 heterocycles. The maximum atomic E-state index is 12.5. The van der Waals surface area contributed by atoms with E-state index in [4.69, 9.17) is 0 Å². The SMILES string of the molecule is CC(C)c1ccc2c(c1)[C@@H](N1C(=O)C=CC1=O)[C@@H](C(C)C)[C@@H]2C(C)C. The third-order valence-corrected chi connectivity index (χ3v) is 5.84. The number of hydrogen-bond donors (Lipinski definition) is 0. The molecule has 0 spiro atoms. The molecule has 134 valence electrons. The van der Waals surface area contributed by atoms with E-state index in [1.54, 1.807) is 0 Å². The van der Waals surface area contributed by atoms with E-state index in [0.29, 0.717) is 23.7 Å². The summed E-state index contributed by atoms with van der Waals surface area (Å²) in [7, 11) is 0. The first-order valence-corrected chi connectivity index (χ1v) is 9.43. The van der Waals surface area contributed by atoms with E-state index in [-0.39, 0.29) is 23.8 Å². The van der Waals surface area contributed by atoms with Crippen molar-refractivity contribution in [1.29, 1.82) is 0 Å². The van der Waals surface area contributed by atoms with Gasteiger partial charge in [0.15, 0.2) is 0 Å². The molecule has 1 aliphatic heterocycles. The van der Waals surface area contributed by atoms with Gasteiger partial charge in [-0.15, -0.1) is 0 Å². The lowest BCUT2D eigenvalue weighted by Crippen LogP contribution is -2.39. The fourth-order valence-electron chi connectivity index (χ4n) is 4.70. The lowest BCUT2D eigenvalue weighted by Gasteiger charge is -2.35. The third kappa shape index (κ3) is 2.84. The van der Waals surface area contributed by atoms with Gasteiger partial charge in [-0.3, -0.25) is 14.5 Å². The molecule has 0 N–H and O–H groups in total. The molecular weight excluding hydrogens is 310 g/mol. The molecule has 3 nitrogen and oxygen atoms in total. The minimum absolute atomic E-state index is 0.156. The van der Waals surface area contributed by atoms with Gasteiger partial charge < -0.3 is 0 Å². The quantitative estimate of drug-likeness (QED) is 0.739. The van der Waals surface area contributed by atoms with Crippen molar-refractivity contribution in [1.82, 2.24) is 4.90 Å². The Morgan fingerprint density at radius 2 is 1.44 bits per heavy atom. The molecule has 3 atom stereocenters. The maximum Gasteiger partial charge on any atom is 0.254 e. The number of amides is 2. The molecule has 0 bridgehead atoms. The van der Waals surface area contributed by atoms with Crippen LogP contribution in [-0.2, 0) is 9.59 Å². The Balaban J connectivity index is 2.19. The van der Waals surface area contributed by atoms with Crippen LogP contribution in [0, 0.1) is 17.8 Å². The van der Waals surface area contributed by atoms with Gasteiger partial charge in [-0.2, -0.15) is 0 Å². The number of hydrogen-bond acceptors (Lipinski definition) is 2. The molecule has 0 radical (unpaired) electrons. The average Bonchev–Trinajstić information content (AvgIpc) is 3.03. The second-order valence-corrected chi connectivity index (χ2v) is 8.46. The van der Waals surface area contributed by atoms with Crippen LogP contribution < -0.4 is 0 Å². The number of carbonyl (C=O) groups is 2. The summed E-state index contributed by atoms with van der Waals surface area (Å²) < 4.78 is 0. The zero-order valence-corrected chi connectivity index (χ0v) is 16.1. The minimum atomic E-state index is -0.175. The number of carbonyl (C=O) groups excluding carboxylic acids is 2. The molecule has 0 aromatic heterocycles. The molecule has 25 heavy (non-hydrogen) atoms. The fraction of sp³-hybridized carbons (Fsp3) is 0.545. The maximum absolute atomic E-state index is 12.5. The van der Waals surface area contributed by atoms with Crippen LogP contribution in [-0.4, -0.2) is 16.7 Å². The number of imide groups is 1. The number of fused-ring (bicyclic) bond motifs is 1. The summed E-state index contributed by atoms with van der Waals surface area (Å²) in [5, 5.41) is 0. The van der Waals surface area contributed by atoms with Crippen molar-refractivity contribution in [2.75, 3.05) is 0 Å². The van der Waals surface area contributed by atoms with Crippen molar-refractivity contribution in [3.63, 3.8) is 0 Å². The summed E-state index contributed by atoms with van der Waals surface area (Å²) in [4.78, 5) is 26.4. The Kier molecular flexibility index (Phi) is 4.61. The first kappa shape index (κ1) is 17.9. The molecule has 3 rings (SSSR count). The van der Waals surface area contributed by atoms with Gasteiger partial charge in [-0.05, 0) is 46.3 Å². The van der Waals surface area contributed by atoms with Gasteiger partial charge in [0.2, 0.25) is 0 Å². The predicted molar refractivity (Wildman–Crippen MR) is 100 cm³/mol. The van der Waals surface area contributed by atoms with Crippen molar-refractivity contribution in [2.24, 2.45) is 17.8 Å². The Bertz CT molecular complexity index is 712. The second-order valence-electron chi connectivity index (χ2n) is 8.46. The lowest BCUT2D eigenvalue weighted by atomic mass is 9.76. The average molecular weight is 339 g/mol. The first-order valence-electron chi connectivity index (χ1n) is 9.43. The van der Waals surface area contributed by atoms with E-state index in [0.717, 1.165) is 0 Å². The molecule has 1 aliphatic carbocycles. The highest BCUT2D eigenvalue weighted by Gasteiger charge is 2.49. The van der Waals surface area contributed by atoms with Crippen LogP contribution in [0.15, 0.2) is 30.4 Å². The molecule has 0 saturated heterocycles. The standard InChI is InChI=1S/C22H29NO2/c1-12(2)15-7-8-16-17(11-15)22(23-18(24)9-10-19(23)25)21(14(5)6)20(16)13(3)4/h7-14,20-22H,1-6H3/t20-,21+,22-/m1/s1. The highest BCUT2D eigenvalue weighted by molar-refractivity contribution is 6.13. The molecule has 2 amide bonds. The van der Waals surface area contributed by atoms with Crippen LogP contribution in [0.1, 0.15) is 76.1 Å². The largest absolute Gasteiger partial charge is 0.269 e. The molecule has 1 aromatic carbocycles. The number of nitrogens with zero attached hydrogens (tertiary/aromatic N) is 1. The first-order chi connectivity index (χ1) is 11.7. The monoisotopic (exact) mass is 339 g/mol. The summed E-state index contributed by atoms with van der Waals surface area (Å²) in [6.07, 6.45) is 2.82. The summed E-state index contributed by atoms with van der Waals surface area (Å²) in [5.74, 6) is 1.53. The zero-order chi connectivity index (χ0) is 18.5. The van der Waals surface area contributed by atoms with Gasteiger partial charge in [0.25, 0.3) is 11.8 Å². The molecule has 0 fully saturated rings. The topological polar surface area (TPSA) is 37.4 Å². The van der Waals surface area contributed by atoms with Crippen LogP contribution in [0.2, 0.25) is 0 Å². The molecule has 0 unspecified atom stereocenters. The van der Waals surface area contributed by atoms with Crippen molar-refractivity contribution >= 4 is 11.8 Å². The highest BCUT2D eigenvalue weighted by Crippen LogP contribution is 2.55. The second kappa shape index (κ2) is 6.44. The van der Waals surface area contributed by atoms with Gasteiger partial charge in [-0.1, -0.05) is 59.7 Å². The van der Waals surface area contributed by atoms with Gasteiger partial charge in [0.1, 0.15) is 0 Å². The van der Waals surface area contributed by atoms with Gasteiger partial charge in [-0.25, -0.2) is 0 Å². The molecule has 3 heteroatoms. The van der Waals surface area contributed by atoms with Crippen molar-refractivity contribution < 1.29 is 9.59 Å². The van der Waals surface area contributed by atoms with E-state index in [1.165, 1.54) is 33.7 Å². The van der Waals surface area contributed by atoms with Gasteiger partial charge in [0.05, 0.1) is 6.04 Å². The summed E-state index contributed by atoms with van der Waals surface area (Å²) in [6, 6.07) is 6.53. The smallest absolute Gasteiger partial charge is 0.254 e. The van der Waals surface area contributed by atoms with Crippen LogP contribution in [0.25, 0.3) is 0 Å². The van der Waals surface area contributed by atoms with Crippen LogP contribution in [0.5, 0.6) is 0 Å². The fourth-order valence-corrected chi connectivity index (χ4v) is 4.70. The Morgan fingerprint density at radius 3 is 1.92 bits per heavy atom. The number of benzene rings is 1. The van der Waals surface area contributed by atoms with Crippen molar-refractivity contribution in [3.05, 3.63) is 47.0 Å². The summed E-state index contributed by atoms with van der Waals surface area (Å²) >= 11 is 0. The van der Waals surface area contributed by atoms with E-state index >= 15 is 0 Å². The van der Waals surface area contributed by atoms with E-state index in [1.807, 2.05) is 0 Å².